The third-order valence-electron chi connectivity index (χ3n) is 3.18. The number of hydrogen-bond acceptors (Lipinski definition) is 4. The molecule has 2 saturated carbocycles. The first kappa shape index (κ1) is 8.84. The van der Waals surface area contributed by atoms with Crippen molar-refractivity contribution in [2.45, 2.75) is 24.5 Å². The second-order valence-electron chi connectivity index (χ2n) is 3.61. The fourth-order valence-corrected chi connectivity index (χ4v) is 2.50. The largest absolute Gasteiger partial charge is 0.370 e. The first-order valence-corrected chi connectivity index (χ1v) is 4.30. The van der Waals surface area contributed by atoms with Crippen LogP contribution in [0.4, 0.5) is 0 Å². The Hall–Kier alpha value is -0.740. The van der Waals surface area contributed by atoms with Crippen molar-refractivity contribution in [3.63, 3.8) is 0 Å². The molecule has 0 aromatic carbocycles. The Morgan fingerprint density at radius 3 is 2.38 bits per heavy atom. The second-order valence-corrected chi connectivity index (χ2v) is 3.61. The first-order valence-electron chi connectivity index (χ1n) is 4.30. The van der Waals surface area contributed by atoms with Gasteiger partial charge in [-0.05, 0) is 0 Å². The molecule has 1 unspecified atom stereocenters. The van der Waals surface area contributed by atoms with E-state index in [0.29, 0.717) is 12.8 Å². The molecule has 2 fully saturated rings. The zero-order valence-corrected chi connectivity index (χ0v) is 7.70. The highest BCUT2D eigenvalue weighted by Crippen LogP contribution is 2.49. The number of ketones is 2. The zero-order chi connectivity index (χ0) is 9.64. The van der Waals surface area contributed by atoms with E-state index in [1.54, 1.807) is 0 Å². The number of Topliss-reactive ketones (excluding diaryl/α,β-unsaturated/α-hetero) is 2. The maximum atomic E-state index is 11.4. The van der Waals surface area contributed by atoms with Gasteiger partial charge >= 0.3 is 0 Å². The Balaban J connectivity index is 2.35. The van der Waals surface area contributed by atoms with Crippen LogP contribution in [-0.2, 0) is 19.1 Å². The van der Waals surface area contributed by atoms with E-state index < -0.39 is 11.7 Å². The quantitative estimate of drug-likeness (QED) is 0.603. The summed E-state index contributed by atoms with van der Waals surface area (Å²) in [6.45, 7) is 0. The minimum atomic E-state index is -0.939. The van der Waals surface area contributed by atoms with Gasteiger partial charge in [0.25, 0.3) is 0 Å². The predicted molar refractivity (Wildman–Crippen MR) is 43.3 cm³/mol. The van der Waals surface area contributed by atoms with Crippen LogP contribution < -0.4 is 0 Å². The molecule has 0 bridgehead atoms. The second kappa shape index (κ2) is 2.62. The van der Waals surface area contributed by atoms with Gasteiger partial charge in [-0.2, -0.15) is 0 Å². The first-order chi connectivity index (χ1) is 6.16. The molecule has 4 heteroatoms. The fraction of sp³-hybridized carbons (Fsp3) is 0.778. The predicted octanol–water partition coefficient (Wildman–Crippen LogP) is -0.0516. The van der Waals surface area contributed by atoms with Crippen LogP contribution >= 0.6 is 0 Å². The zero-order valence-electron chi connectivity index (χ0n) is 7.70. The highest BCUT2D eigenvalue weighted by molar-refractivity contribution is 6.06. The maximum Gasteiger partial charge on any atom is 0.168 e. The Kier molecular flexibility index (Phi) is 1.78. The van der Waals surface area contributed by atoms with E-state index in [1.165, 1.54) is 14.2 Å². The normalized spacial score (nSPS) is 43.2. The summed E-state index contributed by atoms with van der Waals surface area (Å²) in [6, 6.07) is 0. The summed E-state index contributed by atoms with van der Waals surface area (Å²) in [4.78, 5) is 22.8. The lowest BCUT2D eigenvalue weighted by Crippen LogP contribution is -2.61. The van der Waals surface area contributed by atoms with Crippen LogP contribution in [0.2, 0.25) is 0 Å². The number of methoxy groups -OCH3 is 2. The van der Waals surface area contributed by atoms with E-state index in [-0.39, 0.29) is 17.5 Å². The SMILES string of the molecule is CO[C@@H]1C(=O)CC2CC(=O)[C@@]21OC. The maximum absolute atomic E-state index is 11.4. The summed E-state index contributed by atoms with van der Waals surface area (Å²) in [5, 5.41) is 0. The van der Waals surface area contributed by atoms with E-state index in [2.05, 4.69) is 0 Å². The van der Waals surface area contributed by atoms with E-state index in [4.69, 9.17) is 9.47 Å². The number of rotatable bonds is 2. The number of hydrogen-bond donors (Lipinski definition) is 0. The summed E-state index contributed by atoms with van der Waals surface area (Å²) in [6.07, 6.45) is 0.195. The van der Waals surface area contributed by atoms with Gasteiger partial charge in [-0.15, -0.1) is 0 Å². The number of carbonyl (C=O) groups excluding carboxylic acids is 2. The van der Waals surface area contributed by atoms with Crippen molar-refractivity contribution >= 4 is 11.6 Å². The lowest BCUT2D eigenvalue weighted by atomic mass is 9.69. The highest BCUT2D eigenvalue weighted by Gasteiger charge is 2.67. The summed E-state index contributed by atoms with van der Waals surface area (Å²) in [5.74, 6) is 0.0281. The van der Waals surface area contributed by atoms with Crippen LogP contribution in [0.3, 0.4) is 0 Å². The fourth-order valence-electron chi connectivity index (χ4n) is 2.50. The molecule has 0 heterocycles. The van der Waals surface area contributed by atoms with Crippen LogP contribution in [0.1, 0.15) is 12.8 Å². The van der Waals surface area contributed by atoms with Gasteiger partial charge in [0.2, 0.25) is 0 Å². The number of ether oxygens (including phenoxy) is 2. The van der Waals surface area contributed by atoms with Crippen LogP contribution in [0.25, 0.3) is 0 Å². The molecule has 0 radical (unpaired) electrons. The molecule has 2 rings (SSSR count). The van der Waals surface area contributed by atoms with E-state index >= 15 is 0 Å². The average molecular weight is 184 g/mol. The summed E-state index contributed by atoms with van der Waals surface area (Å²) in [5.41, 5.74) is -0.939. The molecular formula is C9H12O4. The summed E-state index contributed by atoms with van der Waals surface area (Å²) in [7, 11) is 2.91. The monoisotopic (exact) mass is 184 g/mol. The molecule has 2 aliphatic rings. The number of fused-ring (bicyclic) bond motifs is 1. The Labute approximate surface area is 76.2 Å². The van der Waals surface area contributed by atoms with Crippen LogP contribution in [-0.4, -0.2) is 37.5 Å². The van der Waals surface area contributed by atoms with Crippen LogP contribution in [0.5, 0.6) is 0 Å². The topological polar surface area (TPSA) is 52.6 Å². The molecule has 72 valence electrons. The third kappa shape index (κ3) is 0.823. The van der Waals surface area contributed by atoms with Crippen LogP contribution in [0.15, 0.2) is 0 Å². The van der Waals surface area contributed by atoms with Gasteiger partial charge in [-0.3, -0.25) is 9.59 Å². The molecule has 0 aromatic heterocycles. The van der Waals surface area contributed by atoms with E-state index in [1.807, 2.05) is 0 Å². The van der Waals surface area contributed by atoms with Crippen LogP contribution in [0, 0.1) is 5.92 Å². The smallest absolute Gasteiger partial charge is 0.168 e. The van der Waals surface area contributed by atoms with Gasteiger partial charge in [0.15, 0.2) is 23.3 Å². The van der Waals surface area contributed by atoms with Gasteiger partial charge in [0.05, 0.1) is 0 Å². The lowest BCUT2D eigenvalue weighted by molar-refractivity contribution is -0.185. The highest BCUT2D eigenvalue weighted by atomic mass is 16.5. The molecule has 0 aromatic rings. The van der Waals surface area contributed by atoms with Gasteiger partial charge in [0.1, 0.15) is 0 Å². The van der Waals surface area contributed by atoms with Crippen molar-refractivity contribution < 1.29 is 19.1 Å². The summed E-state index contributed by atoms with van der Waals surface area (Å²) < 4.78 is 10.2. The van der Waals surface area contributed by atoms with Gasteiger partial charge in [0, 0.05) is 33.0 Å². The standard InChI is InChI=1S/C9H12O4/c1-12-8-6(10)3-5-4-7(11)9(5,8)13-2/h5,8H,3-4H2,1-2H3/t5?,8-,9+/m1/s1. The van der Waals surface area contributed by atoms with Gasteiger partial charge in [-0.1, -0.05) is 0 Å². The molecule has 0 spiro atoms. The Bertz CT molecular complexity index is 271. The molecule has 3 atom stereocenters. The van der Waals surface area contributed by atoms with E-state index in [0.717, 1.165) is 0 Å². The van der Waals surface area contributed by atoms with Crippen molar-refractivity contribution in [2.75, 3.05) is 14.2 Å². The molecule has 0 aliphatic heterocycles. The Morgan fingerprint density at radius 1 is 1.31 bits per heavy atom. The van der Waals surface area contributed by atoms with E-state index in [9.17, 15) is 9.59 Å². The minimum absolute atomic E-state index is 0.00213. The molecule has 2 aliphatic carbocycles. The third-order valence-corrected chi connectivity index (χ3v) is 3.18. The molecule has 0 amide bonds. The van der Waals surface area contributed by atoms with Crippen molar-refractivity contribution in [3.05, 3.63) is 0 Å². The molecular weight excluding hydrogens is 172 g/mol. The van der Waals surface area contributed by atoms with Crippen molar-refractivity contribution in [2.24, 2.45) is 5.92 Å². The molecule has 0 saturated heterocycles. The average Bonchev–Trinajstić information content (AvgIpc) is 2.33. The summed E-state index contributed by atoms with van der Waals surface area (Å²) >= 11 is 0. The molecule has 4 nitrogen and oxygen atoms in total. The van der Waals surface area contributed by atoms with Crippen molar-refractivity contribution in [3.8, 4) is 0 Å². The van der Waals surface area contributed by atoms with Gasteiger partial charge < -0.3 is 9.47 Å². The minimum Gasteiger partial charge on any atom is -0.370 e. The molecule has 0 N–H and O–H groups in total. The number of carbonyl (C=O) groups is 2. The molecule has 13 heavy (non-hydrogen) atoms. The Morgan fingerprint density at radius 2 is 2.00 bits per heavy atom. The van der Waals surface area contributed by atoms with Gasteiger partial charge in [-0.25, -0.2) is 0 Å². The lowest BCUT2D eigenvalue weighted by Gasteiger charge is -2.43. The van der Waals surface area contributed by atoms with Crippen molar-refractivity contribution in [1.29, 1.82) is 0 Å². The van der Waals surface area contributed by atoms with Crippen molar-refractivity contribution in [1.82, 2.24) is 0 Å².